The predicted molar refractivity (Wildman–Crippen MR) is 391 cm³/mol. The third-order valence-electron chi connectivity index (χ3n) is 18.0. The van der Waals surface area contributed by atoms with Crippen LogP contribution in [0, 0.1) is 11.8 Å². The fourth-order valence-electron chi connectivity index (χ4n) is 11.8. The molecule has 0 rings (SSSR count). The maximum Gasteiger partial charge on any atom is 0.472 e. The van der Waals surface area contributed by atoms with Gasteiger partial charge in [0.25, 0.3) is 0 Å². The Morgan fingerprint density at radius 3 is 0.708 bits per heavy atom. The summed E-state index contributed by atoms with van der Waals surface area (Å²) >= 11 is 0. The van der Waals surface area contributed by atoms with Gasteiger partial charge in [0, 0.05) is 25.7 Å². The molecule has 570 valence electrons. The summed E-state index contributed by atoms with van der Waals surface area (Å²) in [6.07, 6.45) is 57.1. The normalized spacial score (nSPS) is 14.0. The van der Waals surface area contributed by atoms with Gasteiger partial charge in [0.2, 0.25) is 0 Å². The van der Waals surface area contributed by atoms with Gasteiger partial charge in [-0.25, -0.2) is 9.13 Å². The molecular weight excluding hydrogens is 1260 g/mol. The van der Waals surface area contributed by atoms with Crippen LogP contribution in [-0.4, -0.2) is 96.7 Å². The van der Waals surface area contributed by atoms with Gasteiger partial charge in [0.1, 0.15) is 19.3 Å². The number of hydrogen-bond acceptors (Lipinski definition) is 15. The number of carbonyl (C=O) groups is 4. The molecule has 0 aliphatic heterocycles. The number of aliphatic hydroxyl groups excluding tert-OH is 1. The molecule has 0 aromatic carbocycles. The number of phosphoric acid groups is 2. The van der Waals surface area contributed by atoms with E-state index in [1.54, 1.807) is 0 Å². The van der Waals surface area contributed by atoms with Crippen LogP contribution in [0.1, 0.15) is 401 Å². The summed E-state index contributed by atoms with van der Waals surface area (Å²) in [4.78, 5) is 72.8. The molecule has 19 heteroatoms. The number of esters is 4. The van der Waals surface area contributed by atoms with Gasteiger partial charge in [-0.1, -0.05) is 350 Å². The van der Waals surface area contributed by atoms with E-state index in [0.29, 0.717) is 31.6 Å². The van der Waals surface area contributed by atoms with Gasteiger partial charge in [0.15, 0.2) is 12.2 Å². The second-order valence-electron chi connectivity index (χ2n) is 28.7. The average molecular weight is 1410 g/mol. The highest BCUT2D eigenvalue weighted by Gasteiger charge is 2.30. The zero-order valence-electron chi connectivity index (χ0n) is 62.7. The number of carbonyl (C=O) groups excluding carboxylic acids is 4. The summed E-state index contributed by atoms with van der Waals surface area (Å²) < 4.78 is 68.5. The number of aliphatic hydroxyl groups is 1. The van der Waals surface area contributed by atoms with Crippen molar-refractivity contribution in [1.29, 1.82) is 0 Å². The number of rotatable bonds is 76. The third-order valence-corrected chi connectivity index (χ3v) is 19.9. The van der Waals surface area contributed by atoms with Crippen LogP contribution in [0.4, 0.5) is 0 Å². The molecule has 0 fully saturated rings. The van der Waals surface area contributed by atoms with Crippen molar-refractivity contribution in [3.63, 3.8) is 0 Å². The molecule has 0 bridgehead atoms. The average Bonchev–Trinajstić information content (AvgIpc) is 1.23. The minimum absolute atomic E-state index is 0.106. The Morgan fingerprint density at radius 1 is 0.281 bits per heavy atom. The van der Waals surface area contributed by atoms with Gasteiger partial charge in [-0.05, 0) is 37.5 Å². The van der Waals surface area contributed by atoms with Crippen molar-refractivity contribution in [2.24, 2.45) is 11.8 Å². The maximum absolute atomic E-state index is 13.1. The number of phosphoric ester groups is 2. The Morgan fingerprint density at radius 2 is 0.479 bits per heavy atom. The van der Waals surface area contributed by atoms with E-state index in [-0.39, 0.29) is 25.7 Å². The molecule has 17 nitrogen and oxygen atoms in total. The van der Waals surface area contributed by atoms with Crippen molar-refractivity contribution in [3.05, 3.63) is 0 Å². The zero-order chi connectivity index (χ0) is 70.7. The predicted octanol–water partition coefficient (Wildman–Crippen LogP) is 22.7. The second-order valence-corrected chi connectivity index (χ2v) is 31.6. The van der Waals surface area contributed by atoms with E-state index in [9.17, 15) is 43.2 Å². The number of hydrogen-bond donors (Lipinski definition) is 3. The van der Waals surface area contributed by atoms with Crippen LogP contribution < -0.4 is 0 Å². The first-order valence-corrected chi connectivity index (χ1v) is 43.0. The highest BCUT2D eigenvalue weighted by atomic mass is 31.2. The van der Waals surface area contributed by atoms with Crippen molar-refractivity contribution in [3.8, 4) is 0 Å². The van der Waals surface area contributed by atoms with E-state index in [2.05, 4.69) is 41.5 Å². The molecule has 0 aliphatic rings. The number of unbranched alkanes of at least 4 members (excludes halogenated alkanes) is 46. The number of ether oxygens (including phenoxy) is 4. The standard InChI is InChI=1S/C77H150O17P2/c1-7-9-11-13-15-17-19-20-21-22-23-24-25-26-27-28-29-31-37-43-50-56-62-77(82)93-72(65-87-74(79)59-53-47-41-35-33-32-34-39-45-51-57-69(3)4)67-91-95(83,84)89-63-71(78)64-90-96(85,86)92-68-73(66-88-75(80)60-54-48-44-38-40-46-52-58-70(5)6)94-76(81)61-55-49-42-36-30-18-16-14-12-10-8-2/h69-73,78H,7-68H2,1-6H3,(H,83,84)(H,85,86)/t71-,72-,73-/m1/s1. The molecule has 5 atom stereocenters. The van der Waals surface area contributed by atoms with Crippen LogP contribution in [0.2, 0.25) is 0 Å². The molecule has 0 radical (unpaired) electrons. The molecule has 0 aromatic rings. The van der Waals surface area contributed by atoms with Crippen LogP contribution in [0.25, 0.3) is 0 Å². The molecule has 3 N–H and O–H groups in total. The molecular formula is C77H150O17P2. The topological polar surface area (TPSA) is 237 Å². The zero-order valence-corrected chi connectivity index (χ0v) is 64.5. The van der Waals surface area contributed by atoms with Gasteiger partial charge in [-0.15, -0.1) is 0 Å². The SMILES string of the molecule is CCCCCCCCCCCCCCCCCCCCCCCCC(=O)O[C@H](COC(=O)CCCCCCCCCCCCC(C)C)COP(=O)(O)OC[C@@H](O)COP(=O)(O)OC[C@@H](COC(=O)CCCCCCCCCC(C)C)OC(=O)CCCCCCCCCCCCC. The lowest BCUT2D eigenvalue weighted by Crippen LogP contribution is -2.30. The molecule has 0 saturated heterocycles. The highest BCUT2D eigenvalue weighted by Crippen LogP contribution is 2.45. The molecule has 0 saturated carbocycles. The molecule has 0 heterocycles. The summed E-state index contributed by atoms with van der Waals surface area (Å²) in [5.41, 5.74) is 0. The summed E-state index contributed by atoms with van der Waals surface area (Å²) in [6.45, 7) is 9.53. The first-order chi connectivity index (χ1) is 46.4. The van der Waals surface area contributed by atoms with Crippen LogP contribution in [-0.2, 0) is 65.4 Å². The van der Waals surface area contributed by atoms with Crippen molar-refractivity contribution < 1.29 is 80.2 Å². The van der Waals surface area contributed by atoms with Crippen molar-refractivity contribution in [2.45, 2.75) is 419 Å². The van der Waals surface area contributed by atoms with Gasteiger partial charge in [-0.2, -0.15) is 0 Å². The molecule has 2 unspecified atom stereocenters. The Bertz CT molecular complexity index is 1860. The van der Waals surface area contributed by atoms with E-state index in [1.807, 2.05) is 0 Å². The van der Waals surface area contributed by atoms with Gasteiger partial charge < -0.3 is 33.8 Å². The molecule has 0 aliphatic carbocycles. The van der Waals surface area contributed by atoms with Crippen molar-refractivity contribution in [1.82, 2.24) is 0 Å². The molecule has 0 amide bonds. The minimum Gasteiger partial charge on any atom is -0.462 e. The Hall–Kier alpha value is -1.94. The largest absolute Gasteiger partial charge is 0.472 e. The lowest BCUT2D eigenvalue weighted by Gasteiger charge is -2.21. The Balaban J connectivity index is 5.18. The summed E-state index contributed by atoms with van der Waals surface area (Å²) in [7, 11) is -9.91. The molecule has 0 spiro atoms. The summed E-state index contributed by atoms with van der Waals surface area (Å²) in [6, 6.07) is 0. The van der Waals surface area contributed by atoms with Crippen molar-refractivity contribution in [2.75, 3.05) is 39.6 Å². The van der Waals surface area contributed by atoms with Gasteiger partial charge >= 0.3 is 39.5 Å². The van der Waals surface area contributed by atoms with E-state index < -0.39 is 97.5 Å². The van der Waals surface area contributed by atoms with E-state index in [0.717, 1.165) is 102 Å². The van der Waals surface area contributed by atoms with Crippen LogP contribution in [0.3, 0.4) is 0 Å². The van der Waals surface area contributed by atoms with Gasteiger partial charge in [-0.3, -0.25) is 37.3 Å². The molecule has 96 heavy (non-hydrogen) atoms. The Kier molecular flexibility index (Phi) is 67.4. The summed E-state index contributed by atoms with van der Waals surface area (Å²) in [5, 5.41) is 10.6. The van der Waals surface area contributed by atoms with Crippen molar-refractivity contribution >= 4 is 39.5 Å². The highest BCUT2D eigenvalue weighted by molar-refractivity contribution is 7.47. The van der Waals surface area contributed by atoms with Crippen LogP contribution >= 0.6 is 15.6 Å². The second kappa shape index (κ2) is 68.8. The molecule has 0 aromatic heterocycles. The van der Waals surface area contributed by atoms with Gasteiger partial charge in [0.05, 0.1) is 26.4 Å². The van der Waals surface area contributed by atoms with E-state index in [1.165, 1.54) is 212 Å². The van der Waals surface area contributed by atoms with E-state index in [4.69, 9.17) is 37.0 Å². The fourth-order valence-corrected chi connectivity index (χ4v) is 13.4. The summed E-state index contributed by atoms with van der Waals surface area (Å²) in [5.74, 6) is -0.653. The Labute approximate surface area is 588 Å². The smallest absolute Gasteiger partial charge is 0.462 e. The van der Waals surface area contributed by atoms with Crippen LogP contribution in [0.5, 0.6) is 0 Å². The third kappa shape index (κ3) is 70.5. The first kappa shape index (κ1) is 94.1. The lowest BCUT2D eigenvalue weighted by molar-refractivity contribution is -0.161. The monoisotopic (exact) mass is 1410 g/mol. The maximum atomic E-state index is 13.1. The fraction of sp³-hybridized carbons (Fsp3) is 0.948. The van der Waals surface area contributed by atoms with E-state index >= 15 is 0 Å². The minimum atomic E-state index is -4.96. The lowest BCUT2D eigenvalue weighted by atomic mass is 10.0. The van der Waals surface area contributed by atoms with Crippen LogP contribution in [0.15, 0.2) is 0 Å². The first-order valence-electron chi connectivity index (χ1n) is 40.0. The quantitative estimate of drug-likeness (QED) is 0.0222.